The SMILES string of the molecule is COc1ccc(S(=O)(=O)Nc2cccc3cc(C(=O)N4CCOCC4)[nH]c23)cc1. The van der Waals surface area contributed by atoms with Crippen LogP contribution in [0.2, 0.25) is 0 Å². The normalized spacial score (nSPS) is 14.7. The zero-order valence-corrected chi connectivity index (χ0v) is 16.7. The lowest BCUT2D eigenvalue weighted by molar-refractivity contribution is 0.0299. The number of aromatic nitrogens is 1. The van der Waals surface area contributed by atoms with Gasteiger partial charge in [-0.2, -0.15) is 0 Å². The maximum atomic E-state index is 12.8. The smallest absolute Gasteiger partial charge is 0.270 e. The number of para-hydroxylation sites is 1. The zero-order chi connectivity index (χ0) is 20.4. The fourth-order valence-corrected chi connectivity index (χ4v) is 4.32. The zero-order valence-electron chi connectivity index (χ0n) is 15.8. The molecule has 4 rings (SSSR count). The molecule has 3 aromatic rings. The highest BCUT2D eigenvalue weighted by atomic mass is 32.2. The van der Waals surface area contributed by atoms with Crippen molar-refractivity contribution >= 4 is 32.5 Å². The summed E-state index contributed by atoms with van der Waals surface area (Å²) in [5, 5.41) is 0.747. The summed E-state index contributed by atoms with van der Waals surface area (Å²) in [5.41, 5.74) is 1.35. The molecular weight excluding hydrogens is 394 g/mol. The molecule has 0 radical (unpaired) electrons. The minimum Gasteiger partial charge on any atom is -0.497 e. The number of rotatable bonds is 5. The Kier molecular flexibility index (Phi) is 5.16. The van der Waals surface area contributed by atoms with Gasteiger partial charge in [0.2, 0.25) is 0 Å². The van der Waals surface area contributed by atoms with Crippen molar-refractivity contribution in [2.24, 2.45) is 0 Å². The van der Waals surface area contributed by atoms with E-state index in [-0.39, 0.29) is 10.8 Å². The number of anilines is 1. The fourth-order valence-electron chi connectivity index (χ4n) is 3.25. The van der Waals surface area contributed by atoms with E-state index in [2.05, 4.69) is 9.71 Å². The van der Waals surface area contributed by atoms with Crippen molar-refractivity contribution in [3.05, 3.63) is 54.2 Å². The molecule has 1 saturated heterocycles. The quantitative estimate of drug-likeness (QED) is 0.667. The Bertz CT molecular complexity index is 1130. The molecule has 0 bridgehead atoms. The standard InChI is InChI=1S/C20H21N3O5S/c1-27-15-5-7-16(8-6-15)29(25,26)22-17-4-2-3-14-13-18(21-19(14)17)20(24)23-9-11-28-12-10-23/h2-8,13,21-22H,9-12H2,1H3. The number of carbonyl (C=O) groups excluding carboxylic acids is 1. The first kappa shape index (κ1) is 19.3. The number of nitrogens with zero attached hydrogens (tertiary/aromatic N) is 1. The summed E-state index contributed by atoms with van der Waals surface area (Å²) < 4.78 is 38.5. The molecule has 0 atom stereocenters. The number of hydrogen-bond acceptors (Lipinski definition) is 5. The molecule has 29 heavy (non-hydrogen) atoms. The number of aromatic amines is 1. The third-order valence-electron chi connectivity index (χ3n) is 4.80. The summed E-state index contributed by atoms with van der Waals surface area (Å²) in [7, 11) is -2.28. The van der Waals surface area contributed by atoms with Crippen molar-refractivity contribution in [1.82, 2.24) is 9.88 Å². The number of amides is 1. The van der Waals surface area contributed by atoms with Crippen LogP contribution < -0.4 is 9.46 Å². The molecular formula is C20H21N3O5S. The van der Waals surface area contributed by atoms with Crippen molar-refractivity contribution in [2.75, 3.05) is 38.1 Å². The highest BCUT2D eigenvalue weighted by Crippen LogP contribution is 2.27. The van der Waals surface area contributed by atoms with E-state index >= 15 is 0 Å². The number of benzene rings is 2. The first-order chi connectivity index (χ1) is 14.0. The number of fused-ring (bicyclic) bond motifs is 1. The number of morpholine rings is 1. The second-order valence-corrected chi connectivity index (χ2v) is 8.32. The van der Waals surface area contributed by atoms with E-state index in [9.17, 15) is 13.2 Å². The highest BCUT2D eigenvalue weighted by Gasteiger charge is 2.22. The Morgan fingerprint density at radius 2 is 1.86 bits per heavy atom. The van der Waals surface area contributed by atoms with Crippen LogP contribution in [0.25, 0.3) is 10.9 Å². The number of hydrogen-bond donors (Lipinski definition) is 2. The molecule has 0 saturated carbocycles. The summed E-state index contributed by atoms with van der Waals surface area (Å²) in [5.74, 6) is 0.440. The van der Waals surface area contributed by atoms with Crippen LogP contribution in [0, 0.1) is 0 Å². The molecule has 0 aliphatic carbocycles. The molecule has 1 aliphatic heterocycles. The minimum absolute atomic E-state index is 0.117. The van der Waals surface area contributed by atoms with E-state index < -0.39 is 10.0 Å². The van der Waals surface area contributed by atoms with Gasteiger partial charge < -0.3 is 19.4 Å². The Balaban J connectivity index is 1.63. The van der Waals surface area contributed by atoms with Gasteiger partial charge in [-0.15, -0.1) is 0 Å². The number of sulfonamides is 1. The van der Waals surface area contributed by atoms with E-state index in [0.717, 1.165) is 5.39 Å². The highest BCUT2D eigenvalue weighted by molar-refractivity contribution is 7.92. The van der Waals surface area contributed by atoms with E-state index in [1.54, 1.807) is 35.2 Å². The number of methoxy groups -OCH3 is 1. The summed E-state index contributed by atoms with van der Waals surface area (Å²) in [6, 6.07) is 13.1. The first-order valence-corrected chi connectivity index (χ1v) is 10.6. The Morgan fingerprint density at radius 1 is 1.14 bits per heavy atom. The molecule has 1 amide bonds. The monoisotopic (exact) mass is 415 g/mol. The van der Waals surface area contributed by atoms with E-state index in [4.69, 9.17) is 9.47 Å². The number of carbonyl (C=O) groups is 1. The van der Waals surface area contributed by atoms with Gasteiger partial charge in [-0.25, -0.2) is 8.42 Å². The van der Waals surface area contributed by atoms with Gasteiger partial charge in [-0.1, -0.05) is 12.1 Å². The molecule has 2 heterocycles. The van der Waals surface area contributed by atoms with Crippen molar-refractivity contribution in [3.63, 3.8) is 0 Å². The van der Waals surface area contributed by atoms with Crippen LogP contribution in [0.15, 0.2) is 53.4 Å². The third-order valence-corrected chi connectivity index (χ3v) is 6.18. The fraction of sp³-hybridized carbons (Fsp3) is 0.250. The third kappa shape index (κ3) is 3.92. The van der Waals surface area contributed by atoms with E-state index in [0.29, 0.717) is 49.0 Å². The van der Waals surface area contributed by atoms with Crippen LogP contribution in [0.5, 0.6) is 5.75 Å². The van der Waals surface area contributed by atoms with E-state index in [1.165, 1.54) is 19.2 Å². The van der Waals surface area contributed by atoms with Gasteiger partial charge in [-0.05, 0) is 36.4 Å². The summed E-state index contributed by atoms with van der Waals surface area (Å²) >= 11 is 0. The van der Waals surface area contributed by atoms with Gasteiger partial charge in [0, 0.05) is 18.5 Å². The minimum atomic E-state index is -3.80. The van der Waals surface area contributed by atoms with Gasteiger partial charge in [0.15, 0.2) is 0 Å². The van der Waals surface area contributed by atoms with Crippen molar-refractivity contribution in [3.8, 4) is 5.75 Å². The molecule has 2 aromatic carbocycles. The predicted octanol–water partition coefficient (Wildman–Crippen LogP) is 2.45. The second-order valence-electron chi connectivity index (χ2n) is 6.64. The van der Waals surface area contributed by atoms with Gasteiger partial charge >= 0.3 is 0 Å². The molecule has 0 unspecified atom stereocenters. The molecule has 1 aliphatic rings. The average molecular weight is 415 g/mol. The van der Waals surface area contributed by atoms with Crippen LogP contribution in [0.3, 0.4) is 0 Å². The van der Waals surface area contributed by atoms with Gasteiger partial charge in [0.1, 0.15) is 11.4 Å². The molecule has 8 nitrogen and oxygen atoms in total. The average Bonchev–Trinajstić information content (AvgIpc) is 3.19. The maximum Gasteiger partial charge on any atom is 0.270 e. The predicted molar refractivity (Wildman–Crippen MR) is 109 cm³/mol. The van der Waals surface area contributed by atoms with Crippen LogP contribution >= 0.6 is 0 Å². The molecule has 152 valence electrons. The van der Waals surface area contributed by atoms with Crippen LogP contribution in [-0.4, -0.2) is 57.6 Å². The van der Waals surface area contributed by atoms with Gasteiger partial charge in [0.05, 0.1) is 36.4 Å². The Hall–Kier alpha value is -3.04. The number of H-pyrrole nitrogens is 1. The molecule has 1 fully saturated rings. The van der Waals surface area contributed by atoms with Crippen LogP contribution in [-0.2, 0) is 14.8 Å². The van der Waals surface area contributed by atoms with Crippen molar-refractivity contribution in [1.29, 1.82) is 0 Å². The summed E-state index contributed by atoms with van der Waals surface area (Å²) in [6.45, 7) is 2.09. The number of nitrogens with one attached hydrogen (secondary N) is 2. The van der Waals surface area contributed by atoms with Crippen molar-refractivity contribution < 1.29 is 22.7 Å². The first-order valence-electron chi connectivity index (χ1n) is 9.13. The molecule has 2 N–H and O–H groups in total. The lowest BCUT2D eigenvalue weighted by atomic mass is 10.2. The molecule has 9 heteroatoms. The van der Waals surface area contributed by atoms with E-state index in [1.807, 2.05) is 6.07 Å². The summed E-state index contributed by atoms with van der Waals surface area (Å²) in [4.78, 5) is 17.6. The Morgan fingerprint density at radius 3 is 2.55 bits per heavy atom. The lowest BCUT2D eigenvalue weighted by Gasteiger charge is -2.26. The molecule has 1 aromatic heterocycles. The summed E-state index contributed by atoms with van der Waals surface area (Å²) in [6.07, 6.45) is 0. The van der Waals surface area contributed by atoms with Gasteiger partial charge in [-0.3, -0.25) is 9.52 Å². The topological polar surface area (TPSA) is 101 Å². The van der Waals surface area contributed by atoms with Crippen molar-refractivity contribution in [2.45, 2.75) is 4.90 Å². The number of ether oxygens (including phenoxy) is 2. The Labute approximate surface area is 168 Å². The maximum absolute atomic E-state index is 12.8. The lowest BCUT2D eigenvalue weighted by Crippen LogP contribution is -2.40. The second kappa shape index (κ2) is 7.76. The van der Waals surface area contributed by atoms with Crippen LogP contribution in [0.4, 0.5) is 5.69 Å². The van der Waals surface area contributed by atoms with Crippen LogP contribution in [0.1, 0.15) is 10.5 Å². The van der Waals surface area contributed by atoms with Gasteiger partial charge in [0.25, 0.3) is 15.9 Å². The molecule has 0 spiro atoms. The largest absolute Gasteiger partial charge is 0.497 e.